The Morgan fingerprint density at radius 2 is 2.05 bits per heavy atom. The maximum absolute atomic E-state index is 12.1. The summed E-state index contributed by atoms with van der Waals surface area (Å²) in [7, 11) is 0. The molecule has 1 aliphatic carbocycles. The molecule has 0 bridgehead atoms. The summed E-state index contributed by atoms with van der Waals surface area (Å²) in [5.74, 6) is 0.949. The van der Waals surface area contributed by atoms with Crippen molar-refractivity contribution in [1.29, 1.82) is 0 Å². The van der Waals surface area contributed by atoms with E-state index in [0.717, 1.165) is 30.6 Å². The summed E-state index contributed by atoms with van der Waals surface area (Å²) in [5.41, 5.74) is 6.49. The number of benzene rings is 1. The molecule has 0 unspecified atom stereocenters. The van der Waals surface area contributed by atoms with Crippen molar-refractivity contribution < 1.29 is 9.53 Å². The highest BCUT2D eigenvalue weighted by molar-refractivity contribution is 5.83. The molecule has 1 aromatic carbocycles. The zero-order valence-corrected chi connectivity index (χ0v) is 11.4. The fourth-order valence-corrected chi connectivity index (χ4v) is 2.37. The van der Waals surface area contributed by atoms with E-state index in [9.17, 15) is 4.79 Å². The molecule has 0 radical (unpaired) electrons. The average Bonchev–Trinajstić information content (AvgIpc) is 2.38. The van der Waals surface area contributed by atoms with E-state index in [0.29, 0.717) is 19.7 Å². The van der Waals surface area contributed by atoms with E-state index < -0.39 is 0 Å². The molecule has 0 aromatic heterocycles. The zero-order valence-electron chi connectivity index (χ0n) is 11.4. The average molecular weight is 262 g/mol. The SMILES string of the molecule is CCOc1ccc(CNC(=O)C2(CN)CCC2)cc1. The van der Waals surface area contributed by atoms with Gasteiger partial charge in [0.1, 0.15) is 5.75 Å². The first-order valence-electron chi connectivity index (χ1n) is 6.90. The molecular weight excluding hydrogens is 240 g/mol. The van der Waals surface area contributed by atoms with Gasteiger partial charge in [0, 0.05) is 13.1 Å². The molecule has 19 heavy (non-hydrogen) atoms. The monoisotopic (exact) mass is 262 g/mol. The lowest BCUT2D eigenvalue weighted by atomic mass is 9.68. The molecule has 2 rings (SSSR count). The molecule has 104 valence electrons. The first-order chi connectivity index (χ1) is 9.20. The summed E-state index contributed by atoms with van der Waals surface area (Å²) in [4.78, 5) is 12.1. The molecule has 0 heterocycles. The molecular formula is C15H22N2O2. The summed E-state index contributed by atoms with van der Waals surface area (Å²) in [6.45, 7) is 3.61. The van der Waals surface area contributed by atoms with E-state index in [2.05, 4.69) is 5.32 Å². The van der Waals surface area contributed by atoms with Gasteiger partial charge in [-0.3, -0.25) is 4.79 Å². The van der Waals surface area contributed by atoms with Gasteiger partial charge in [-0.2, -0.15) is 0 Å². The zero-order chi connectivity index (χ0) is 13.7. The topological polar surface area (TPSA) is 64.3 Å². The number of nitrogens with one attached hydrogen (secondary N) is 1. The highest BCUT2D eigenvalue weighted by atomic mass is 16.5. The molecule has 1 fully saturated rings. The minimum atomic E-state index is -0.300. The van der Waals surface area contributed by atoms with Crippen LogP contribution in [-0.2, 0) is 11.3 Å². The lowest BCUT2D eigenvalue weighted by Crippen LogP contribution is -2.50. The van der Waals surface area contributed by atoms with Crippen LogP contribution in [0.5, 0.6) is 5.75 Å². The van der Waals surface area contributed by atoms with Crippen LogP contribution in [0.15, 0.2) is 24.3 Å². The van der Waals surface area contributed by atoms with Gasteiger partial charge in [-0.25, -0.2) is 0 Å². The van der Waals surface area contributed by atoms with Gasteiger partial charge in [0.2, 0.25) is 5.91 Å². The predicted molar refractivity (Wildman–Crippen MR) is 74.8 cm³/mol. The lowest BCUT2D eigenvalue weighted by molar-refractivity contribution is -0.135. The van der Waals surface area contributed by atoms with Gasteiger partial charge in [0.15, 0.2) is 0 Å². The quantitative estimate of drug-likeness (QED) is 0.822. The van der Waals surface area contributed by atoms with Gasteiger partial charge in [0.25, 0.3) is 0 Å². The predicted octanol–water partition coefficient (Wildman–Crippen LogP) is 1.83. The minimum absolute atomic E-state index is 0.0927. The second-order valence-corrected chi connectivity index (χ2v) is 5.10. The lowest BCUT2D eigenvalue weighted by Gasteiger charge is -2.39. The third-order valence-corrected chi connectivity index (χ3v) is 3.87. The number of amides is 1. The number of hydrogen-bond donors (Lipinski definition) is 2. The Hall–Kier alpha value is -1.55. The van der Waals surface area contributed by atoms with E-state index in [1.54, 1.807) is 0 Å². The van der Waals surface area contributed by atoms with Crippen LogP contribution < -0.4 is 15.8 Å². The van der Waals surface area contributed by atoms with E-state index >= 15 is 0 Å². The van der Waals surface area contributed by atoms with Crippen LogP contribution in [0, 0.1) is 5.41 Å². The normalized spacial score (nSPS) is 16.5. The molecule has 0 spiro atoms. The summed E-state index contributed by atoms with van der Waals surface area (Å²) in [6, 6.07) is 7.79. The number of nitrogens with two attached hydrogens (primary N) is 1. The second kappa shape index (κ2) is 6.06. The highest BCUT2D eigenvalue weighted by Gasteiger charge is 2.42. The van der Waals surface area contributed by atoms with E-state index in [4.69, 9.17) is 10.5 Å². The Bertz CT molecular complexity index is 419. The maximum Gasteiger partial charge on any atom is 0.227 e. The number of hydrogen-bond acceptors (Lipinski definition) is 3. The first-order valence-corrected chi connectivity index (χ1v) is 6.90. The fourth-order valence-electron chi connectivity index (χ4n) is 2.37. The molecule has 3 N–H and O–H groups in total. The van der Waals surface area contributed by atoms with Crippen molar-refractivity contribution in [3.63, 3.8) is 0 Å². The molecule has 0 aliphatic heterocycles. The second-order valence-electron chi connectivity index (χ2n) is 5.10. The summed E-state index contributed by atoms with van der Waals surface area (Å²) in [5, 5.41) is 2.98. The number of ether oxygens (including phenoxy) is 1. The van der Waals surface area contributed by atoms with Crippen molar-refractivity contribution in [3.05, 3.63) is 29.8 Å². The van der Waals surface area contributed by atoms with Gasteiger partial charge < -0.3 is 15.8 Å². The largest absolute Gasteiger partial charge is 0.494 e. The Morgan fingerprint density at radius 3 is 2.53 bits per heavy atom. The Labute approximate surface area is 114 Å². The Morgan fingerprint density at radius 1 is 1.37 bits per heavy atom. The van der Waals surface area contributed by atoms with Crippen molar-refractivity contribution in [1.82, 2.24) is 5.32 Å². The van der Waals surface area contributed by atoms with E-state index in [1.807, 2.05) is 31.2 Å². The van der Waals surface area contributed by atoms with Crippen molar-refractivity contribution in [2.75, 3.05) is 13.2 Å². The van der Waals surface area contributed by atoms with Crippen LogP contribution in [0.3, 0.4) is 0 Å². The molecule has 4 heteroatoms. The molecule has 4 nitrogen and oxygen atoms in total. The number of carbonyl (C=O) groups is 1. The van der Waals surface area contributed by atoms with Gasteiger partial charge in [-0.1, -0.05) is 18.6 Å². The van der Waals surface area contributed by atoms with Gasteiger partial charge in [-0.15, -0.1) is 0 Å². The van der Waals surface area contributed by atoms with Crippen LogP contribution in [-0.4, -0.2) is 19.1 Å². The summed E-state index contributed by atoms with van der Waals surface area (Å²) >= 11 is 0. The minimum Gasteiger partial charge on any atom is -0.494 e. The maximum atomic E-state index is 12.1. The summed E-state index contributed by atoms with van der Waals surface area (Å²) < 4.78 is 5.38. The fraction of sp³-hybridized carbons (Fsp3) is 0.533. The van der Waals surface area contributed by atoms with E-state index in [1.165, 1.54) is 0 Å². The molecule has 1 aliphatic rings. The highest BCUT2D eigenvalue weighted by Crippen LogP contribution is 2.40. The first kappa shape index (κ1) is 13.9. The number of rotatable bonds is 6. The van der Waals surface area contributed by atoms with Gasteiger partial charge >= 0.3 is 0 Å². The van der Waals surface area contributed by atoms with Gasteiger partial charge in [-0.05, 0) is 37.5 Å². The van der Waals surface area contributed by atoms with Crippen molar-refractivity contribution in [2.24, 2.45) is 11.1 Å². The third kappa shape index (κ3) is 3.07. The van der Waals surface area contributed by atoms with Crippen molar-refractivity contribution in [3.8, 4) is 5.75 Å². The van der Waals surface area contributed by atoms with Crippen LogP contribution >= 0.6 is 0 Å². The molecule has 1 saturated carbocycles. The molecule has 0 saturated heterocycles. The van der Waals surface area contributed by atoms with Crippen molar-refractivity contribution >= 4 is 5.91 Å². The van der Waals surface area contributed by atoms with Crippen LogP contribution in [0.1, 0.15) is 31.7 Å². The van der Waals surface area contributed by atoms with Crippen LogP contribution in [0.4, 0.5) is 0 Å². The van der Waals surface area contributed by atoms with Crippen LogP contribution in [0.25, 0.3) is 0 Å². The molecule has 1 aromatic rings. The third-order valence-electron chi connectivity index (χ3n) is 3.87. The van der Waals surface area contributed by atoms with E-state index in [-0.39, 0.29) is 11.3 Å². The Balaban J connectivity index is 1.86. The molecule has 0 atom stereocenters. The summed E-state index contributed by atoms with van der Waals surface area (Å²) in [6.07, 6.45) is 2.94. The Kier molecular flexibility index (Phi) is 4.43. The van der Waals surface area contributed by atoms with Crippen LogP contribution in [0.2, 0.25) is 0 Å². The van der Waals surface area contributed by atoms with Gasteiger partial charge in [0.05, 0.1) is 12.0 Å². The smallest absolute Gasteiger partial charge is 0.227 e. The molecule has 1 amide bonds. The number of carbonyl (C=O) groups excluding carboxylic acids is 1. The van der Waals surface area contributed by atoms with Crippen molar-refractivity contribution in [2.45, 2.75) is 32.7 Å². The standard InChI is InChI=1S/C15H22N2O2/c1-2-19-13-6-4-12(5-7-13)10-17-14(18)15(11-16)8-3-9-15/h4-7H,2-3,8-11,16H2,1H3,(H,17,18).